The van der Waals surface area contributed by atoms with Gasteiger partial charge in [0.15, 0.2) is 5.96 Å². The summed E-state index contributed by atoms with van der Waals surface area (Å²) in [5, 5.41) is 30.3. The third kappa shape index (κ3) is 16.7. The molecule has 16 nitrogen and oxygen atoms in total. The minimum absolute atomic E-state index is 0.0129. The molecule has 1 aromatic rings. The molecule has 0 aliphatic carbocycles. The van der Waals surface area contributed by atoms with Crippen molar-refractivity contribution in [2.45, 2.75) is 18.9 Å². The molecule has 1 rings (SSSR count). The van der Waals surface area contributed by atoms with E-state index in [1.165, 1.54) is 0 Å². The normalized spacial score (nSPS) is 10.1. The van der Waals surface area contributed by atoms with Gasteiger partial charge in [-0.05, 0) is 12.8 Å². The van der Waals surface area contributed by atoms with Crippen molar-refractivity contribution in [3.8, 4) is 0 Å². The molecule has 1 heterocycles. The first kappa shape index (κ1) is 25.3. The third-order valence-corrected chi connectivity index (χ3v) is 2.28. The molecule has 152 valence electrons. The van der Waals surface area contributed by atoms with Gasteiger partial charge in [-0.1, -0.05) is 0 Å². The maximum absolute atomic E-state index is 10.5. The van der Waals surface area contributed by atoms with E-state index in [0.29, 0.717) is 19.4 Å². The highest BCUT2D eigenvalue weighted by Gasteiger charge is 2.09. The van der Waals surface area contributed by atoms with Gasteiger partial charge < -0.3 is 37.6 Å². The predicted molar refractivity (Wildman–Crippen MR) is 88.9 cm³/mol. The van der Waals surface area contributed by atoms with Crippen molar-refractivity contribution in [2.24, 2.45) is 22.2 Å². The summed E-state index contributed by atoms with van der Waals surface area (Å²) in [6.07, 6.45) is 0.956. The van der Waals surface area contributed by atoms with Crippen LogP contribution in [0.15, 0.2) is 20.6 Å². The van der Waals surface area contributed by atoms with Crippen LogP contribution in [-0.4, -0.2) is 61.0 Å². The van der Waals surface area contributed by atoms with Crippen molar-refractivity contribution < 1.29 is 30.1 Å². The maximum Gasteiger partial charge on any atom is 0.352 e. The summed E-state index contributed by atoms with van der Waals surface area (Å²) in [5.41, 5.74) is 13.3. The number of hydrogen-bond acceptors (Lipinski definition) is 8. The Morgan fingerprint density at radius 3 is 2.15 bits per heavy atom. The summed E-state index contributed by atoms with van der Waals surface area (Å²) >= 11 is 0. The Morgan fingerprint density at radius 2 is 1.78 bits per heavy atom. The average molecular weight is 393 g/mol. The van der Waals surface area contributed by atoms with Crippen molar-refractivity contribution in [1.29, 1.82) is 0 Å². The number of carboxylic acid groups (broad SMARTS) is 2. The molecule has 16 heteroatoms. The highest BCUT2D eigenvalue weighted by atomic mass is 16.9. The molecular formula is C11H19N7O9. The minimum Gasteiger partial charge on any atom is -0.480 e. The summed E-state index contributed by atoms with van der Waals surface area (Å²) in [4.78, 5) is 57.1. The van der Waals surface area contributed by atoms with Crippen LogP contribution in [0.1, 0.15) is 23.3 Å². The standard InChI is InChI=1S/C6H14N4O2.C5H4N2O4.HNO3/c7-4(5(11)12)2-1-3-10-6(8)9;8-3-1-2(4(9)10)6-5(11)7-3;2-1(3)4/h4H,1-3,7H2,(H,11,12)(H4,8,9,10);1H,(H,9,10)(H2,6,7,8,11);(H,2,3,4)/t4-;;/m0../s1. The number of nitrogens with zero attached hydrogens (tertiary/aromatic N) is 2. The highest BCUT2D eigenvalue weighted by molar-refractivity contribution is 5.84. The summed E-state index contributed by atoms with van der Waals surface area (Å²) in [6, 6.07) is -0.0248. The van der Waals surface area contributed by atoms with Crippen molar-refractivity contribution in [3.63, 3.8) is 0 Å². The summed E-state index contributed by atoms with van der Waals surface area (Å²) in [6.45, 7) is 0.420. The molecule has 11 N–H and O–H groups in total. The Bertz CT molecular complexity index is 734. The monoisotopic (exact) mass is 393 g/mol. The number of aromatic carboxylic acids is 1. The van der Waals surface area contributed by atoms with Crippen molar-refractivity contribution >= 4 is 17.9 Å². The molecule has 0 unspecified atom stereocenters. The smallest absolute Gasteiger partial charge is 0.352 e. The highest BCUT2D eigenvalue weighted by Crippen LogP contribution is 1.94. The topological polar surface area (TPSA) is 294 Å². The fraction of sp³-hybridized carbons (Fsp3) is 0.364. The summed E-state index contributed by atoms with van der Waals surface area (Å²) in [5.74, 6) is -2.33. The first-order valence-electron chi connectivity index (χ1n) is 6.80. The number of aromatic nitrogens is 2. The average Bonchev–Trinajstić information content (AvgIpc) is 2.50. The molecule has 0 aliphatic rings. The van der Waals surface area contributed by atoms with Crippen molar-refractivity contribution in [1.82, 2.24) is 9.97 Å². The van der Waals surface area contributed by atoms with Gasteiger partial charge in [0.1, 0.15) is 11.7 Å². The number of carbonyl (C=O) groups is 2. The molecule has 0 saturated heterocycles. The van der Waals surface area contributed by atoms with Crippen LogP contribution in [0.4, 0.5) is 0 Å². The maximum atomic E-state index is 10.5. The van der Waals surface area contributed by atoms with Crippen LogP contribution < -0.4 is 28.5 Å². The lowest BCUT2D eigenvalue weighted by Crippen LogP contribution is -2.30. The fourth-order valence-electron chi connectivity index (χ4n) is 1.23. The minimum atomic E-state index is -1.50. The quantitative estimate of drug-likeness (QED) is 0.0781. The van der Waals surface area contributed by atoms with Crippen LogP contribution >= 0.6 is 0 Å². The van der Waals surface area contributed by atoms with Gasteiger partial charge in [-0.3, -0.25) is 19.6 Å². The Balaban J connectivity index is 0. The Kier molecular flexibility index (Phi) is 12.5. The molecule has 1 aromatic heterocycles. The first-order chi connectivity index (χ1) is 12.4. The van der Waals surface area contributed by atoms with Crippen LogP contribution in [0.5, 0.6) is 0 Å². The number of nitrogens with one attached hydrogen (secondary N) is 2. The number of H-pyrrole nitrogens is 2. The lowest BCUT2D eigenvalue weighted by molar-refractivity contribution is -0.742. The molecule has 0 spiro atoms. The number of aromatic amines is 2. The van der Waals surface area contributed by atoms with Crippen LogP contribution in [-0.2, 0) is 4.79 Å². The van der Waals surface area contributed by atoms with Gasteiger partial charge in [0.25, 0.3) is 10.6 Å². The van der Waals surface area contributed by atoms with Gasteiger partial charge >= 0.3 is 17.6 Å². The molecule has 1 atom stereocenters. The molecule has 27 heavy (non-hydrogen) atoms. The van der Waals surface area contributed by atoms with E-state index >= 15 is 0 Å². The van der Waals surface area contributed by atoms with E-state index in [1.807, 2.05) is 9.97 Å². The van der Waals surface area contributed by atoms with E-state index in [9.17, 15) is 19.2 Å². The van der Waals surface area contributed by atoms with E-state index < -0.39 is 40.0 Å². The second kappa shape index (κ2) is 13.4. The SMILES string of the molecule is NC(N)=NCCC[C@H](N)C(=O)O.O=C(O)c1cc(=O)[nH]c(=O)[nH]1.O=[N+]([O-])O. The molecule has 0 aliphatic heterocycles. The second-order valence-electron chi connectivity index (χ2n) is 4.44. The molecule has 0 fully saturated rings. The summed E-state index contributed by atoms with van der Waals surface area (Å²) in [7, 11) is 0. The van der Waals surface area contributed by atoms with Crippen molar-refractivity contribution in [3.05, 3.63) is 42.7 Å². The van der Waals surface area contributed by atoms with E-state index in [2.05, 4.69) is 4.99 Å². The van der Waals surface area contributed by atoms with Gasteiger partial charge in [0.05, 0.1) is 0 Å². The van der Waals surface area contributed by atoms with Gasteiger partial charge in [0.2, 0.25) is 0 Å². The Morgan fingerprint density at radius 1 is 1.26 bits per heavy atom. The van der Waals surface area contributed by atoms with Gasteiger partial charge in [-0.15, -0.1) is 10.1 Å². The zero-order valence-electron chi connectivity index (χ0n) is 13.7. The number of guanidine groups is 1. The zero-order valence-corrected chi connectivity index (χ0v) is 13.7. The number of nitrogens with two attached hydrogens (primary N) is 3. The van der Waals surface area contributed by atoms with Crippen LogP contribution in [0.3, 0.4) is 0 Å². The lowest BCUT2D eigenvalue weighted by Gasteiger charge is -2.03. The van der Waals surface area contributed by atoms with E-state index in [1.54, 1.807) is 0 Å². The number of hydrogen-bond donors (Lipinski definition) is 8. The Labute approximate surface area is 149 Å². The van der Waals surface area contributed by atoms with Gasteiger partial charge in [-0.2, -0.15) is 0 Å². The predicted octanol–water partition coefficient (Wildman–Crippen LogP) is -3.13. The number of aliphatic imine (C=N–C) groups is 1. The molecule has 0 aromatic carbocycles. The molecular weight excluding hydrogens is 374 g/mol. The number of carboxylic acids is 2. The van der Waals surface area contributed by atoms with Gasteiger partial charge in [-0.25, -0.2) is 9.59 Å². The van der Waals surface area contributed by atoms with E-state index in [0.717, 1.165) is 6.07 Å². The molecule has 0 saturated carbocycles. The van der Waals surface area contributed by atoms with Gasteiger partial charge in [0, 0.05) is 12.6 Å². The van der Waals surface area contributed by atoms with Crippen LogP contribution in [0, 0.1) is 10.1 Å². The third-order valence-electron chi connectivity index (χ3n) is 2.28. The largest absolute Gasteiger partial charge is 0.480 e. The van der Waals surface area contributed by atoms with Crippen LogP contribution in [0.2, 0.25) is 0 Å². The molecule has 0 bridgehead atoms. The van der Waals surface area contributed by atoms with E-state index in [-0.39, 0.29) is 5.96 Å². The number of aliphatic carboxylic acids is 1. The number of rotatable bonds is 6. The summed E-state index contributed by atoms with van der Waals surface area (Å²) < 4.78 is 0. The second-order valence-corrected chi connectivity index (χ2v) is 4.44. The lowest BCUT2D eigenvalue weighted by atomic mass is 10.2. The van der Waals surface area contributed by atoms with Crippen molar-refractivity contribution in [2.75, 3.05) is 6.54 Å². The first-order valence-corrected chi connectivity index (χ1v) is 6.80. The van der Waals surface area contributed by atoms with Crippen LogP contribution in [0.25, 0.3) is 0 Å². The Hall–Kier alpha value is -3.95. The van der Waals surface area contributed by atoms with E-state index in [4.69, 9.17) is 42.7 Å². The zero-order chi connectivity index (χ0) is 21.6. The molecule has 0 amide bonds. The molecule has 0 radical (unpaired) electrons. The fourth-order valence-corrected chi connectivity index (χ4v) is 1.23.